The molecule has 1 unspecified atom stereocenters. The van der Waals surface area contributed by atoms with Gasteiger partial charge in [-0.1, -0.05) is 28.1 Å². The van der Waals surface area contributed by atoms with Crippen molar-refractivity contribution in [1.82, 2.24) is 4.90 Å². The fraction of sp³-hybridized carbons (Fsp3) is 0.462. The van der Waals surface area contributed by atoms with E-state index in [1.165, 1.54) is 6.07 Å². The van der Waals surface area contributed by atoms with Crippen LogP contribution in [0.2, 0.25) is 0 Å². The molecule has 0 radical (unpaired) electrons. The molecule has 0 spiro atoms. The standard InChI is InChI=1S/C13H15BrFNO/c14-7-5-10-6-8-16(9-10)13(17)11-3-1-2-4-12(11)15/h1-4,10H,5-9H2. The third kappa shape index (κ3) is 2.86. The molecule has 0 bridgehead atoms. The smallest absolute Gasteiger partial charge is 0.256 e. The van der Waals surface area contributed by atoms with E-state index in [1.807, 2.05) is 0 Å². The zero-order valence-corrected chi connectivity index (χ0v) is 11.1. The van der Waals surface area contributed by atoms with Gasteiger partial charge in [-0.15, -0.1) is 0 Å². The van der Waals surface area contributed by atoms with Crippen LogP contribution in [0, 0.1) is 11.7 Å². The molecule has 1 aliphatic rings. The Balaban J connectivity index is 2.05. The third-order valence-corrected chi connectivity index (χ3v) is 3.65. The SMILES string of the molecule is O=C(c1ccccc1F)N1CCC(CCBr)C1. The van der Waals surface area contributed by atoms with E-state index in [4.69, 9.17) is 0 Å². The summed E-state index contributed by atoms with van der Waals surface area (Å²) < 4.78 is 13.5. The molecule has 1 heterocycles. The van der Waals surface area contributed by atoms with Crippen LogP contribution in [-0.4, -0.2) is 29.2 Å². The first-order valence-electron chi connectivity index (χ1n) is 5.82. The molecule has 1 aliphatic heterocycles. The summed E-state index contributed by atoms with van der Waals surface area (Å²) in [5.74, 6) is -0.0632. The van der Waals surface area contributed by atoms with Crippen molar-refractivity contribution >= 4 is 21.8 Å². The van der Waals surface area contributed by atoms with Gasteiger partial charge >= 0.3 is 0 Å². The van der Waals surface area contributed by atoms with Crippen molar-refractivity contribution in [2.24, 2.45) is 5.92 Å². The maximum atomic E-state index is 13.5. The van der Waals surface area contributed by atoms with Crippen LogP contribution in [0.15, 0.2) is 24.3 Å². The lowest BCUT2D eigenvalue weighted by atomic mass is 10.1. The summed E-state index contributed by atoms with van der Waals surface area (Å²) in [5, 5.41) is 0.958. The summed E-state index contributed by atoms with van der Waals surface area (Å²) >= 11 is 3.41. The van der Waals surface area contributed by atoms with E-state index in [2.05, 4.69) is 15.9 Å². The van der Waals surface area contributed by atoms with Crippen molar-refractivity contribution in [2.45, 2.75) is 12.8 Å². The summed E-state index contributed by atoms with van der Waals surface area (Å²) in [7, 11) is 0. The normalized spacial score (nSPS) is 19.6. The Hall–Kier alpha value is -0.900. The first kappa shape index (κ1) is 12.6. The number of likely N-dealkylation sites (tertiary alicyclic amines) is 1. The molecule has 2 rings (SSSR count). The summed E-state index contributed by atoms with van der Waals surface area (Å²) in [4.78, 5) is 13.8. The molecular formula is C13H15BrFNO. The molecule has 1 saturated heterocycles. The molecule has 1 atom stereocenters. The van der Waals surface area contributed by atoms with Crippen molar-refractivity contribution in [3.8, 4) is 0 Å². The first-order chi connectivity index (χ1) is 8.22. The lowest BCUT2D eigenvalue weighted by Gasteiger charge is -2.16. The van der Waals surface area contributed by atoms with Crippen molar-refractivity contribution in [3.05, 3.63) is 35.6 Å². The van der Waals surface area contributed by atoms with Crippen LogP contribution >= 0.6 is 15.9 Å². The van der Waals surface area contributed by atoms with E-state index in [0.29, 0.717) is 5.92 Å². The van der Waals surface area contributed by atoms with Gasteiger partial charge in [-0.2, -0.15) is 0 Å². The fourth-order valence-corrected chi connectivity index (χ4v) is 2.86. The zero-order valence-electron chi connectivity index (χ0n) is 9.53. The van der Waals surface area contributed by atoms with Crippen molar-refractivity contribution in [1.29, 1.82) is 0 Å². The van der Waals surface area contributed by atoms with Crippen LogP contribution in [0.1, 0.15) is 23.2 Å². The number of carbonyl (C=O) groups is 1. The topological polar surface area (TPSA) is 20.3 Å². The van der Waals surface area contributed by atoms with Crippen LogP contribution in [0.4, 0.5) is 4.39 Å². The summed E-state index contributed by atoms with van der Waals surface area (Å²) in [5.41, 5.74) is 0.187. The Morgan fingerprint density at radius 2 is 2.24 bits per heavy atom. The zero-order chi connectivity index (χ0) is 12.3. The van der Waals surface area contributed by atoms with Crippen LogP contribution in [0.5, 0.6) is 0 Å². The Kier molecular flexibility index (Phi) is 4.15. The Morgan fingerprint density at radius 1 is 1.47 bits per heavy atom. The number of halogens is 2. The minimum Gasteiger partial charge on any atom is -0.338 e. The van der Waals surface area contributed by atoms with Gasteiger partial charge in [0.05, 0.1) is 5.56 Å². The third-order valence-electron chi connectivity index (χ3n) is 3.19. The number of rotatable bonds is 3. The second kappa shape index (κ2) is 5.63. The van der Waals surface area contributed by atoms with E-state index in [9.17, 15) is 9.18 Å². The van der Waals surface area contributed by atoms with Crippen molar-refractivity contribution in [2.75, 3.05) is 18.4 Å². The van der Waals surface area contributed by atoms with Crippen LogP contribution in [0.3, 0.4) is 0 Å². The highest BCUT2D eigenvalue weighted by atomic mass is 79.9. The number of benzene rings is 1. The molecule has 0 N–H and O–H groups in total. The highest BCUT2D eigenvalue weighted by molar-refractivity contribution is 9.09. The molecule has 1 fully saturated rings. The van der Waals surface area contributed by atoms with Gasteiger partial charge in [0.1, 0.15) is 5.82 Å². The average Bonchev–Trinajstić information content (AvgIpc) is 2.78. The maximum Gasteiger partial charge on any atom is 0.256 e. The summed E-state index contributed by atoms with van der Waals surface area (Å²) in [6.45, 7) is 1.49. The minimum absolute atomic E-state index is 0.180. The van der Waals surface area contributed by atoms with Crippen molar-refractivity contribution < 1.29 is 9.18 Å². The van der Waals surface area contributed by atoms with Gasteiger partial charge < -0.3 is 4.90 Å². The van der Waals surface area contributed by atoms with Crippen molar-refractivity contribution in [3.63, 3.8) is 0 Å². The van der Waals surface area contributed by atoms with Gasteiger partial charge in [-0.25, -0.2) is 4.39 Å². The molecule has 1 aromatic carbocycles. The van der Waals surface area contributed by atoms with Gasteiger partial charge in [0.15, 0.2) is 0 Å². The van der Waals surface area contributed by atoms with E-state index < -0.39 is 5.82 Å². The lowest BCUT2D eigenvalue weighted by Crippen LogP contribution is -2.29. The van der Waals surface area contributed by atoms with Gasteiger partial charge in [0.25, 0.3) is 5.91 Å². The number of alkyl halides is 1. The molecule has 0 aromatic heterocycles. The van der Waals surface area contributed by atoms with E-state index in [0.717, 1.165) is 31.3 Å². The van der Waals surface area contributed by atoms with E-state index >= 15 is 0 Å². The number of nitrogens with zero attached hydrogens (tertiary/aromatic N) is 1. The predicted octanol–water partition coefficient (Wildman–Crippen LogP) is 3.07. The fourth-order valence-electron chi connectivity index (χ4n) is 2.21. The maximum absolute atomic E-state index is 13.5. The Morgan fingerprint density at radius 3 is 2.94 bits per heavy atom. The summed E-state index contributed by atoms with van der Waals surface area (Å²) in [6, 6.07) is 6.18. The molecule has 17 heavy (non-hydrogen) atoms. The lowest BCUT2D eigenvalue weighted by molar-refractivity contribution is 0.0782. The minimum atomic E-state index is -0.429. The van der Waals surface area contributed by atoms with Gasteiger partial charge in [-0.05, 0) is 30.9 Å². The second-order valence-corrected chi connectivity index (χ2v) is 5.16. The van der Waals surface area contributed by atoms with Gasteiger partial charge in [0, 0.05) is 18.4 Å². The number of hydrogen-bond donors (Lipinski definition) is 0. The molecular weight excluding hydrogens is 285 g/mol. The van der Waals surface area contributed by atoms with E-state index in [1.54, 1.807) is 23.1 Å². The first-order valence-corrected chi connectivity index (χ1v) is 6.94. The highest BCUT2D eigenvalue weighted by Crippen LogP contribution is 2.22. The molecule has 2 nitrogen and oxygen atoms in total. The van der Waals surface area contributed by atoms with Crippen LogP contribution in [0.25, 0.3) is 0 Å². The van der Waals surface area contributed by atoms with E-state index in [-0.39, 0.29) is 11.5 Å². The van der Waals surface area contributed by atoms with Gasteiger partial charge in [0.2, 0.25) is 0 Å². The number of amides is 1. The molecule has 4 heteroatoms. The largest absolute Gasteiger partial charge is 0.338 e. The molecule has 0 aliphatic carbocycles. The number of carbonyl (C=O) groups excluding carboxylic acids is 1. The Bertz CT molecular complexity index is 410. The van der Waals surface area contributed by atoms with Gasteiger partial charge in [-0.3, -0.25) is 4.79 Å². The monoisotopic (exact) mass is 299 g/mol. The molecule has 1 aromatic rings. The van der Waals surface area contributed by atoms with Crippen LogP contribution in [-0.2, 0) is 0 Å². The predicted molar refractivity (Wildman–Crippen MR) is 68.8 cm³/mol. The molecule has 92 valence electrons. The van der Waals surface area contributed by atoms with Crippen LogP contribution < -0.4 is 0 Å². The second-order valence-electron chi connectivity index (χ2n) is 4.36. The molecule has 1 amide bonds. The average molecular weight is 300 g/mol. The molecule has 0 saturated carbocycles. The highest BCUT2D eigenvalue weighted by Gasteiger charge is 2.27. The number of hydrogen-bond acceptors (Lipinski definition) is 1. The quantitative estimate of drug-likeness (QED) is 0.786. The Labute approximate surface area is 109 Å². The summed E-state index contributed by atoms with van der Waals surface area (Å²) in [6.07, 6.45) is 2.09.